The lowest BCUT2D eigenvalue weighted by atomic mass is 9.88. The topological polar surface area (TPSA) is 66.5 Å². The molecule has 0 radical (unpaired) electrons. The number of hydrogen-bond donors (Lipinski definition) is 1. The monoisotopic (exact) mass is 436 g/mol. The summed E-state index contributed by atoms with van der Waals surface area (Å²) in [5.74, 6) is -0.296. The number of likely N-dealkylation sites (N-methyl/N-ethyl adjacent to an activating group) is 1. The Balaban J connectivity index is 1.67. The van der Waals surface area contributed by atoms with E-state index in [0.717, 1.165) is 33.6 Å². The van der Waals surface area contributed by atoms with Crippen molar-refractivity contribution in [1.29, 1.82) is 0 Å². The predicted molar refractivity (Wildman–Crippen MR) is 104 cm³/mol. The smallest absolute Gasteiger partial charge is 0.243 e. The van der Waals surface area contributed by atoms with Gasteiger partial charge in [0.15, 0.2) is 0 Å². The van der Waals surface area contributed by atoms with Crippen LogP contribution in [0.4, 0.5) is 0 Å². The molecule has 3 rings (SSSR count). The summed E-state index contributed by atoms with van der Waals surface area (Å²) in [6.45, 7) is -0.211. The maximum absolute atomic E-state index is 12.6. The van der Waals surface area contributed by atoms with Crippen molar-refractivity contribution < 1.29 is 13.2 Å². The van der Waals surface area contributed by atoms with Crippen molar-refractivity contribution in [3.8, 4) is 0 Å². The number of rotatable bonds is 5. The molecule has 0 spiro atoms. The maximum atomic E-state index is 12.6. The van der Waals surface area contributed by atoms with Crippen molar-refractivity contribution in [2.75, 3.05) is 13.6 Å². The third-order valence-corrected chi connectivity index (χ3v) is 6.94. The summed E-state index contributed by atoms with van der Waals surface area (Å²) in [5.41, 5.74) is 2.38. The summed E-state index contributed by atoms with van der Waals surface area (Å²) in [6.07, 6.45) is 2.89. The zero-order valence-electron chi connectivity index (χ0n) is 14.5. The van der Waals surface area contributed by atoms with Crippen LogP contribution in [0.5, 0.6) is 0 Å². The van der Waals surface area contributed by atoms with E-state index in [1.165, 1.54) is 24.7 Å². The molecule has 1 aliphatic rings. The number of nitrogens with one attached hydrogen (secondary N) is 1. The third-order valence-electron chi connectivity index (χ3n) is 4.59. The molecular formula is C19H21BrN2O3S. The molecule has 1 N–H and O–H groups in total. The number of halogens is 1. The second-order valence-corrected chi connectivity index (χ2v) is 9.39. The molecule has 2 aromatic rings. The first-order valence-electron chi connectivity index (χ1n) is 8.47. The summed E-state index contributed by atoms with van der Waals surface area (Å²) in [6, 6.07) is 14.4. The zero-order valence-corrected chi connectivity index (χ0v) is 16.9. The Kier molecular flexibility index (Phi) is 5.79. The third kappa shape index (κ3) is 4.16. The van der Waals surface area contributed by atoms with Crippen LogP contribution in [-0.4, -0.2) is 32.2 Å². The number of carbonyl (C=O) groups is 1. The number of carbonyl (C=O) groups excluding carboxylic acids is 1. The van der Waals surface area contributed by atoms with E-state index in [1.807, 2.05) is 18.2 Å². The highest BCUT2D eigenvalue weighted by atomic mass is 79.9. The van der Waals surface area contributed by atoms with Crippen LogP contribution in [0.3, 0.4) is 0 Å². The Labute approximate surface area is 162 Å². The van der Waals surface area contributed by atoms with Gasteiger partial charge >= 0.3 is 0 Å². The predicted octanol–water partition coefficient (Wildman–Crippen LogP) is 3.26. The largest absolute Gasteiger partial charge is 0.348 e. The SMILES string of the molecule is CN(CC(=O)N[C@H]1CCCc2ccccc21)S(=O)(=O)c1ccc(Br)cc1. The number of hydrogen-bond acceptors (Lipinski definition) is 3. The Bertz CT molecular complexity index is 897. The van der Waals surface area contributed by atoms with Crippen molar-refractivity contribution >= 4 is 31.9 Å². The lowest BCUT2D eigenvalue weighted by Crippen LogP contribution is -2.40. The molecule has 0 unspecified atom stereocenters. The first-order chi connectivity index (χ1) is 12.4. The maximum Gasteiger partial charge on any atom is 0.243 e. The molecule has 5 nitrogen and oxygen atoms in total. The van der Waals surface area contributed by atoms with Crippen molar-refractivity contribution in [3.63, 3.8) is 0 Å². The van der Waals surface area contributed by atoms with Crippen molar-refractivity contribution in [2.45, 2.75) is 30.2 Å². The molecule has 1 amide bonds. The fraction of sp³-hybridized carbons (Fsp3) is 0.316. The van der Waals surface area contributed by atoms with Crippen molar-refractivity contribution in [3.05, 3.63) is 64.1 Å². The lowest BCUT2D eigenvalue weighted by Gasteiger charge is -2.27. The van der Waals surface area contributed by atoms with Crippen molar-refractivity contribution in [2.24, 2.45) is 0 Å². The van der Waals surface area contributed by atoms with E-state index in [0.29, 0.717) is 0 Å². The van der Waals surface area contributed by atoms with Crippen LogP contribution in [0.1, 0.15) is 30.0 Å². The van der Waals surface area contributed by atoms with Gasteiger partial charge in [0, 0.05) is 11.5 Å². The number of aryl methyl sites for hydroxylation is 1. The summed E-state index contributed by atoms with van der Waals surface area (Å²) in [4.78, 5) is 12.6. The van der Waals surface area contributed by atoms with Crippen LogP contribution in [0.15, 0.2) is 57.9 Å². The highest BCUT2D eigenvalue weighted by Crippen LogP contribution is 2.29. The molecule has 0 aromatic heterocycles. The molecule has 0 aliphatic heterocycles. The van der Waals surface area contributed by atoms with Crippen LogP contribution in [0, 0.1) is 0 Å². The van der Waals surface area contributed by atoms with Gasteiger partial charge in [-0.15, -0.1) is 0 Å². The van der Waals surface area contributed by atoms with Gasteiger partial charge in [0.25, 0.3) is 0 Å². The summed E-state index contributed by atoms with van der Waals surface area (Å²) in [7, 11) is -2.28. The minimum atomic E-state index is -3.70. The van der Waals surface area contributed by atoms with E-state index in [9.17, 15) is 13.2 Å². The van der Waals surface area contributed by atoms with Crippen molar-refractivity contribution in [1.82, 2.24) is 9.62 Å². The Morgan fingerprint density at radius 3 is 2.62 bits per heavy atom. The Morgan fingerprint density at radius 2 is 1.88 bits per heavy atom. The number of nitrogens with zero attached hydrogens (tertiary/aromatic N) is 1. The van der Waals surface area contributed by atoms with E-state index < -0.39 is 10.0 Å². The van der Waals surface area contributed by atoms with E-state index in [-0.39, 0.29) is 23.4 Å². The molecule has 138 valence electrons. The van der Waals surface area contributed by atoms with Gasteiger partial charge < -0.3 is 5.32 Å². The van der Waals surface area contributed by atoms with Crippen LogP contribution in [0.2, 0.25) is 0 Å². The van der Waals surface area contributed by atoms with Crippen LogP contribution < -0.4 is 5.32 Å². The van der Waals surface area contributed by atoms with E-state index in [1.54, 1.807) is 12.1 Å². The zero-order chi connectivity index (χ0) is 18.7. The first kappa shape index (κ1) is 19.1. The van der Waals surface area contributed by atoms with E-state index in [4.69, 9.17) is 0 Å². The van der Waals surface area contributed by atoms with E-state index >= 15 is 0 Å². The van der Waals surface area contributed by atoms with Gasteiger partial charge in [-0.2, -0.15) is 4.31 Å². The summed E-state index contributed by atoms with van der Waals surface area (Å²) in [5, 5.41) is 2.99. The molecule has 1 aliphatic carbocycles. The van der Waals surface area contributed by atoms with Gasteiger partial charge in [-0.3, -0.25) is 4.79 Å². The highest BCUT2D eigenvalue weighted by Gasteiger charge is 2.26. The molecule has 26 heavy (non-hydrogen) atoms. The number of fused-ring (bicyclic) bond motifs is 1. The van der Waals surface area contributed by atoms with Gasteiger partial charge in [0.1, 0.15) is 0 Å². The molecule has 2 aromatic carbocycles. The highest BCUT2D eigenvalue weighted by molar-refractivity contribution is 9.10. The van der Waals surface area contributed by atoms with Crippen LogP contribution in [-0.2, 0) is 21.2 Å². The molecule has 0 saturated carbocycles. The van der Waals surface area contributed by atoms with Gasteiger partial charge in [-0.05, 0) is 54.7 Å². The van der Waals surface area contributed by atoms with Crippen LogP contribution in [0.25, 0.3) is 0 Å². The van der Waals surface area contributed by atoms with E-state index in [2.05, 4.69) is 27.3 Å². The Morgan fingerprint density at radius 1 is 1.19 bits per heavy atom. The first-order valence-corrected chi connectivity index (χ1v) is 10.7. The standard InChI is InChI=1S/C19H21BrN2O3S/c1-22(26(24,25)16-11-9-15(20)10-12-16)13-19(23)21-18-8-4-6-14-5-2-3-7-17(14)18/h2-3,5,7,9-12,18H,4,6,8,13H2,1H3,(H,21,23)/t18-/m0/s1. The second-order valence-electron chi connectivity index (χ2n) is 6.43. The Hall–Kier alpha value is -1.70. The second kappa shape index (κ2) is 7.90. The fourth-order valence-electron chi connectivity index (χ4n) is 3.22. The minimum Gasteiger partial charge on any atom is -0.348 e. The molecule has 0 bridgehead atoms. The number of amides is 1. The van der Waals surface area contributed by atoms with Gasteiger partial charge in [0.2, 0.25) is 15.9 Å². The van der Waals surface area contributed by atoms with Crippen LogP contribution >= 0.6 is 15.9 Å². The minimum absolute atomic E-state index is 0.0590. The van der Waals surface area contributed by atoms with Gasteiger partial charge in [-0.25, -0.2) is 8.42 Å². The molecule has 0 saturated heterocycles. The average Bonchev–Trinajstić information content (AvgIpc) is 2.62. The number of benzene rings is 2. The molecular weight excluding hydrogens is 416 g/mol. The molecule has 7 heteroatoms. The molecule has 1 atom stereocenters. The van der Waals surface area contributed by atoms with Gasteiger partial charge in [-0.1, -0.05) is 40.2 Å². The normalized spacial score (nSPS) is 17.0. The number of sulfonamides is 1. The fourth-order valence-corrected chi connectivity index (χ4v) is 4.61. The lowest BCUT2D eigenvalue weighted by molar-refractivity contribution is -0.122. The molecule has 0 fully saturated rings. The summed E-state index contributed by atoms with van der Waals surface area (Å²) >= 11 is 3.29. The molecule has 0 heterocycles. The summed E-state index contributed by atoms with van der Waals surface area (Å²) < 4.78 is 27.1. The van der Waals surface area contributed by atoms with Gasteiger partial charge in [0.05, 0.1) is 17.5 Å². The quantitative estimate of drug-likeness (QED) is 0.781. The average molecular weight is 437 g/mol.